The molecule has 0 radical (unpaired) electrons. The minimum Gasteiger partial charge on any atom is -0.365 e. The van der Waals surface area contributed by atoms with E-state index in [0.29, 0.717) is 11.1 Å². The first kappa shape index (κ1) is 24.0. The molecular formula is C23H22BrFN2O2S. The molecule has 2 aromatic rings. The van der Waals surface area contributed by atoms with E-state index in [4.69, 9.17) is 10.1 Å². The molecule has 0 saturated heterocycles. The van der Waals surface area contributed by atoms with Crippen molar-refractivity contribution in [3.8, 4) is 0 Å². The predicted octanol–water partition coefficient (Wildman–Crippen LogP) is 5.72. The Balaban J connectivity index is 2.09. The van der Waals surface area contributed by atoms with Gasteiger partial charge in [0, 0.05) is 28.0 Å². The maximum absolute atomic E-state index is 13.2. The molecule has 30 heavy (non-hydrogen) atoms. The third-order valence-electron chi connectivity index (χ3n) is 3.82. The van der Waals surface area contributed by atoms with Crippen molar-refractivity contribution < 1.29 is 14.2 Å². The second kappa shape index (κ2) is 13.1. The Labute approximate surface area is 188 Å². The molecule has 1 unspecified atom stereocenters. The first-order chi connectivity index (χ1) is 14.5. The van der Waals surface area contributed by atoms with E-state index < -0.39 is 6.29 Å². The SMILES string of the molecule is CS/C=C\C(Br)=C\C(O)OC/C=C/C=C(/C(=N)c1ccc(F)cc1)c1ccncc1. The zero-order valence-corrected chi connectivity index (χ0v) is 18.7. The van der Waals surface area contributed by atoms with Crippen LogP contribution >= 0.6 is 27.7 Å². The minimum atomic E-state index is -1.04. The smallest absolute Gasteiger partial charge is 0.175 e. The molecule has 0 amide bonds. The second-order valence-corrected chi connectivity index (χ2v) is 7.60. The molecule has 4 nitrogen and oxygen atoms in total. The minimum absolute atomic E-state index is 0.189. The summed E-state index contributed by atoms with van der Waals surface area (Å²) in [7, 11) is 0. The highest BCUT2D eigenvalue weighted by molar-refractivity contribution is 9.11. The lowest BCUT2D eigenvalue weighted by atomic mass is 9.96. The Morgan fingerprint density at radius 3 is 2.60 bits per heavy atom. The zero-order chi connectivity index (χ0) is 21.8. The number of halogens is 2. The van der Waals surface area contributed by atoms with Gasteiger partial charge >= 0.3 is 0 Å². The summed E-state index contributed by atoms with van der Waals surface area (Å²) in [6.45, 7) is 0.189. The summed E-state index contributed by atoms with van der Waals surface area (Å²) in [5, 5.41) is 20.3. The predicted molar refractivity (Wildman–Crippen MR) is 126 cm³/mol. The van der Waals surface area contributed by atoms with Gasteiger partial charge in [-0.2, -0.15) is 0 Å². The fourth-order valence-electron chi connectivity index (χ4n) is 2.37. The van der Waals surface area contributed by atoms with Gasteiger partial charge in [-0.1, -0.05) is 34.2 Å². The highest BCUT2D eigenvalue weighted by atomic mass is 79.9. The monoisotopic (exact) mass is 488 g/mol. The van der Waals surface area contributed by atoms with Gasteiger partial charge < -0.3 is 9.84 Å². The van der Waals surface area contributed by atoms with Gasteiger partial charge in [-0.15, -0.1) is 11.8 Å². The zero-order valence-electron chi connectivity index (χ0n) is 16.3. The Kier molecular flexibility index (Phi) is 10.4. The molecule has 0 fully saturated rings. The van der Waals surface area contributed by atoms with Gasteiger partial charge in [-0.05, 0) is 65.8 Å². The van der Waals surface area contributed by atoms with Crippen molar-refractivity contribution in [2.75, 3.05) is 12.9 Å². The lowest BCUT2D eigenvalue weighted by Gasteiger charge is -2.09. The number of aromatic nitrogens is 1. The quantitative estimate of drug-likeness (QED) is 0.255. The summed E-state index contributed by atoms with van der Waals surface area (Å²) in [4.78, 5) is 4.01. The van der Waals surface area contributed by atoms with Gasteiger partial charge in [0.1, 0.15) is 5.82 Å². The number of thioether (sulfide) groups is 1. The average Bonchev–Trinajstić information content (AvgIpc) is 2.75. The Bertz CT molecular complexity index is 941. The summed E-state index contributed by atoms with van der Waals surface area (Å²) in [5.41, 5.74) is 2.34. The number of nitrogens with one attached hydrogen (secondary N) is 1. The van der Waals surface area contributed by atoms with E-state index >= 15 is 0 Å². The van der Waals surface area contributed by atoms with Crippen molar-refractivity contribution >= 4 is 39.0 Å². The van der Waals surface area contributed by atoms with E-state index in [-0.39, 0.29) is 18.1 Å². The topological polar surface area (TPSA) is 66.2 Å². The van der Waals surface area contributed by atoms with Crippen LogP contribution in [0.5, 0.6) is 0 Å². The molecule has 2 rings (SSSR count). The number of aliphatic hydroxyl groups excluding tert-OH is 1. The summed E-state index contributed by atoms with van der Waals surface area (Å²) in [6, 6.07) is 9.43. The molecular weight excluding hydrogens is 467 g/mol. The number of aliphatic hydroxyl groups is 1. The molecule has 0 aliphatic rings. The number of rotatable bonds is 10. The first-order valence-corrected chi connectivity index (χ1v) is 11.1. The van der Waals surface area contributed by atoms with Crippen molar-refractivity contribution in [2.45, 2.75) is 6.29 Å². The van der Waals surface area contributed by atoms with Gasteiger partial charge in [-0.25, -0.2) is 4.39 Å². The van der Waals surface area contributed by atoms with Crippen LogP contribution in [0.25, 0.3) is 5.57 Å². The number of pyridine rings is 1. The largest absolute Gasteiger partial charge is 0.365 e. The van der Waals surface area contributed by atoms with Crippen LogP contribution in [0.3, 0.4) is 0 Å². The molecule has 156 valence electrons. The molecule has 1 atom stereocenters. The van der Waals surface area contributed by atoms with Crippen LogP contribution < -0.4 is 0 Å². The van der Waals surface area contributed by atoms with Crippen LogP contribution in [0.2, 0.25) is 0 Å². The number of hydrogen-bond acceptors (Lipinski definition) is 5. The Morgan fingerprint density at radius 1 is 1.23 bits per heavy atom. The first-order valence-electron chi connectivity index (χ1n) is 8.99. The van der Waals surface area contributed by atoms with Crippen LogP contribution in [-0.2, 0) is 4.74 Å². The number of ether oxygens (including phenoxy) is 1. The van der Waals surface area contributed by atoms with Crippen LogP contribution in [0.1, 0.15) is 11.1 Å². The number of benzene rings is 1. The summed E-state index contributed by atoms with van der Waals surface area (Å²) < 4.78 is 19.3. The van der Waals surface area contributed by atoms with Crippen LogP contribution in [0, 0.1) is 11.2 Å². The molecule has 2 N–H and O–H groups in total. The van der Waals surface area contributed by atoms with E-state index in [1.54, 1.807) is 60.6 Å². The van der Waals surface area contributed by atoms with Gasteiger partial charge in [0.05, 0.1) is 12.3 Å². The maximum Gasteiger partial charge on any atom is 0.175 e. The van der Waals surface area contributed by atoms with E-state index in [1.807, 2.05) is 29.9 Å². The lowest BCUT2D eigenvalue weighted by molar-refractivity contribution is -0.0523. The van der Waals surface area contributed by atoms with Crippen LogP contribution in [0.4, 0.5) is 4.39 Å². The fourth-order valence-corrected chi connectivity index (χ4v) is 3.19. The summed E-state index contributed by atoms with van der Waals surface area (Å²) in [6.07, 6.45) is 12.8. The van der Waals surface area contributed by atoms with Crippen molar-refractivity contribution in [1.29, 1.82) is 5.41 Å². The normalized spacial score (nSPS) is 13.9. The van der Waals surface area contributed by atoms with E-state index in [2.05, 4.69) is 20.9 Å². The lowest BCUT2D eigenvalue weighted by Crippen LogP contribution is -2.08. The highest BCUT2D eigenvalue weighted by Crippen LogP contribution is 2.20. The molecule has 0 saturated carbocycles. The third kappa shape index (κ3) is 8.20. The molecule has 0 spiro atoms. The summed E-state index contributed by atoms with van der Waals surface area (Å²) >= 11 is 4.88. The van der Waals surface area contributed by atoms with Gasteiger partial charge in [0.15, 0.2) is 6.29 Å². The molecule has 0 aliphatic carbocycles. The molecule has 1 aromatic carbocycles. The van der Waals surface area contributed by atoms with Crippen LogP contribution in [0.15, 0.2) is 89.1 Å². The van der Waals surface area contributed by atoms with Crippen molar-refractivity contribution in [2.24, 2.45) is 0 Å². The van der Waals surface area contributed by atoms with E-state index in [1.165, 1.54) is 12.1 Å². The van der Waals surface area contributed by atoms with Gasteiger partial charge in [0.25, 0.3) is 0 Å². The molecule has 0 bridgehead atoms. The average molecular weight is 489 g/mol. The maximum atomic E-state index is 13.2. The highest BCUT2D eigenvalue weighted by Gasteiger charge is 2.10. The number of nitrogens with zero attached hydrogens (tertiary/aromatic N) is 1. The molecule has 1 heterocycles. The van der Waals surface area contributed by atoms with E-state index in [0.717, 1.165) is 10.0 Å². The van der Waals surface area contributed by atoms with Crippen molar-refractivity contribution in [3.63, 3.8) is 0 Å². The third-order valence-corrected chi connectivity index (χ3v) is 4.76. The van der Waals surface area contributed by atoms with Crippen LogP contribution in [-0.4, -0.2) is 35.0 Å². The van der Waals surface area contributed by atoms with Crippen molar-refractivity contribution in [3.05, 3.63) is 106 Å². The van der Waals surface area contributed by atoms with E-state index in [9.17, 15) is 9.50 Å². The van der Waals surface area contributed by atoms with Gasteiger partial charge in [0.2, 0.25) is 0 Å². The van der Waals surface area contributed by atoms with Crippen molar-refractivity contribution in [1.82, 2.24) is 4.98 Å². The Hall–Kier alpha value is -2.32. The number of allylic oxidation sites excluding steroid dienone is 5. The van der Waals surface area contributed by atoms with Gasteiger partial charge in [-0.3, -0.25) is 10.4 Å². The molecule has 7 heteroatoms. The molecule has 1 aromatic heterocycles. The standard InChI is InChI=1S/C23H22BrFN2O2S/c1-30-15-11-19(24)16-22(28)29-14-3-2-4-21(17-9-12-27-13-10-17)23(26)18-5-7-20(25)8-6-18/h2-13,15-16,22,26,28H,14H2,1H3/b3-2+,15-11-,19-16-,21-4+,26-23?. The molecule has 0 aliphatic heterocycles. The summed E-state index contributed by atoms with van der Waals surface area (Å²) in [5.74, 6) is -0.346. The fraction of sp³-hybridized carbons (Fsp3) is 0.130. The number of hydrogen-bond donors (Lipinski definition) is 2. The second-order valence-electron chi connectivity index (χ2n) is 5.94. The Morgan fingerprint density at radius 2 is 1.93 bits per heavy atom.